The number of nitrogens with zero attached hydrogens (tertiary/aromatic N) is 1. The number of hydrogen-bond acceptors (Lipinski definition) is 3. The third kappa shape index (κ3) is 4.39. The molecule has 3 heteroatoms. The van der Waals surface area contributed by atoms with Gasteiger partial charge in [0.05, 0.1) is 6.04 Å². The van der Waals surface area contributed by atoms with Crippen molar-refractivity contribution in [1.82, 2.24) is 9.62 Å². The van der Waals surface area contributed by atoms with Gasteiger partial charge in [-0.05, 0) is 25.9 Å². The maximum Gasteiger partial charge on any atom is 0.0592 e. The zero-order valence-electron chi connectivity index (χ0n) is 8.84. The van der Waals surface area contributed by atoms with Gasteiger partial charge in [0.1, 0.15) is 0 Å². The van der Waals surface area contributed by atoms with Crippen LogP contribution in [0.3, 0.4) is 0 Å². The minimum atomic E-state index is 0.387. The molecule has 0 aromatic heterocycles. The second-order valence-electron chi connectivity index (χ2n) is 2.91. The molecule has 0 radical (unpaired) electrons. The van der Waals surface area contributed by atoms with Crippen molar-refractivity contribution in [2.75, 3.05) is 13.3 Å². The summed E-state index contributed by atoms with van der Waals surface area (Å²) in [5.74, 6) is 0. The lowest BCUT2D eigenvalue weighted by Crippen LogP contribution is -2.31. The average molecular weight is 200 g/mol. The second-order valence-corrected chi connectivity index (χ2v) is 3.85. The van der Waals surface area contributed by atoms with Crippen molar-refractivity contribution in [3.8, 4) is 0 Å². The summed E-state index contributed by atoms with van der Waals surface area (Å²) in [5.41, 5.74) is 1.02. The predicted molar refractivity (Wildman–Crippen MR) is 62.4 cm³/mol. The first-order valence-corrected chi connectivity index (χ1v) is 5.68. The smallest absolute Gasteiger partial charge is 0.0592 e. The molecule has 0 aliphatic rings. The lowest BCUT2D eigenvalue weighted by Gasteiger charge is -2.27. The maximum absolute atomic E-state index is 4.00. The summed E-state index contributed by atoms with van der Waals surface area (Å²) in [6.07, 6.45) is 6.04. The van der Waals surface area contributed by atoms with E-state index in [0.29, 0.717) is 6.04 Å². The lowest BCUT2D eigenvalue weighted by atomic mass is 10.1. The SMILES string of the molecule is C=CNC(=C)C(CCC)N(C)SC. The van der Waals surface area contributed by atoms with Crippen LogP contribution in [-0.2, 0) is 0 Å². The zero-order valence-corrected chi connectivity index (χ0v) is 9.66. The van der Waals surface area contributed by atoms with Gasteiger partial charge in [0.25, 0.3) is 0 Å². The Morgan fingerprint density at radius 3 is 2.69 bits per heavy atom. The fourth-order valence-electron chi connectivity index (χ4n) is 1.20. The molecule has 2 nitrogen and oxygen atoms in total. The maximum atomic E-state index is 4.00. The van der Waals surface area contributed by atoms with Crippen LogP contribution >= 0.6 is 11.9 Å². The van der Waals surface area contributed by atoms with Crippen LogP contribution in [0, 0.1) is 0 Å². The third-order valence-electron chi connectivity index (χ3n) is 1.98. The minimum absolute atomic E-state index is 0.387. The van der Waals surface area contributed by atoms with E-state index < -0.39 is 0 Å². The van der Waals surface area contributed by atoms with Crippen LogP contribution < -0.4 is 5.32 Å². The molecule has 0 saturated heterocycles. The van der Waals surface area contributed by atoms with Crippen LogP contribution in [0.4, 0.5) is 0 Å². The summed E-state index contributed by atoms with van der Waals surface area (Å²) in [5, 5.41) is 3.06. The molecule has 0 aromatic carbocycles. The molecule has 0 aliphatic carbocycles. The van der Waals surface area contributed by atoms with E-state index >= 15 is 0 Å². The van der Waals surface area contributed by atoms with E-state index in [2.05, 4.69) is 43.0 Å². The summed E-state index contributed by atoms with van der Waals surface area (Å²) in [7, 11) is 2.08. The number of nitrogens with one attached hydrogen (secondary N) is 1. The lowest BCUT2D eigenvalue weighted by molar-refractivity contribution is 0.418. The highest BCUT2D eigenvalue weighted by Crippen LogP contribution is 2.17. The highest BCUT2D eigenvalue weighted by Gasteiger charge is 2.15. The van der Waals surface area contributed by atoms with Gasteiger partial charge in [-0.1, -0.05) is 38.5 Å². The van der Waals surface area contributed by atoms with E-state index in [-0.39, 0.29) is 0 Å². The molecule has 0 aromatic rings. The normalized spacial score (nSPS) is 12.6. The highest BCUT2D eigenvalue weighted by molar-refractivity contribution is 7.96. The second kappa shape index (κ2) is 7.04. The molecule has 13 heavy (non-hydrogen) atoms. The van der Waals surface area contributed by atoms with Gasteiger partial charge in [-0.25, -0.2) is 4.31 Å². The Morgan fingerprint density at radius 1 is 1.69 bits per heavy atom. The largest absolute Gasteiger partial charge is 0.365 e. The number of likely N-dealkylation sites (N-methyl/N-ethyl adjacent to an activating group) is 1. The van der Waals surface area contributed by atoms with Crippen LogP contribution in [0.15, 0.2) is 25.1 Å². The van der Waals surface area contributed by atoms with Gasteiger partial charge in [0.2, 0.25) is 0 Å². The summed E-state index contributed by atoms with van der Waals surface area (Å²) >= 11 is 1.73. The number of rotatable bonds is 7. The zero-order chi connectivity index (χ0) is 10.3. The van der Waals surface area contributed by atoms with E-state index in [0.717, 1.165) is 18.5 Å². The molecule has 0 aliphatic heterocycles. The highest BCUT2D eigenvalue weighted by atomic mass is 32.2. The van der Waals surface area contributed by atoms with Crippen molar-refractivity contribution >= 4 is 11.9 Å². The molecule has 1 N–H and O–H groups in total. The van der Waals surface area contributed by atoms with Crippen molar-refractivity contribution in [1.29, 1.82) is 0 Å². The molecule has 0 amide bonds. The third-order valence-corrected chi connectivity index (χ3v) is 2.81. The van der Waals surface area contributed by atoms with Gasteiger partial charge in [0, 0.05) is 5.70 Å². The Labute approximate surface area is 86.2 Å². The first-order valence-electron chi connectivity index (χ1n) is 4.50. The van der Waals surface area contributed by atoms with Crippen molar-refractivity contribution in [2.24, 2.45) is 0 Å². The van der Waals surface area contributed by atoms with Crippen molar-refractivity contribution < 1.29 is 0 Å². The monoisotopic (exact) mass is 200 g/mol. The molecule has 1 atom stereocenters. The molecule has 0 rings (SSSR count). The molecular weight excluding hydrogens is 180 g/mol. The first-order chi connectivity index (χ1) is 6.17. The topological polar surface area (TPSA) is 15.3 Å². The predicted octanol–water partition coefficient (Wildman–Crippen LogP) is 2.61. The van der Waals surface area contributed by atoms with Crippen molar-refractivity contribution in [3.63, 3.8) is 0 Å². The van der Waals surface area contributed by atoms with Crippen LogP contribution in [-0.4, -0.2) is 23.7 Å². The molecular formula is C10H20N2S. The van der Waals surface area contributed by atoms with Crippen LogP contribution in [0.2, 0.25) is 0 Å². The molecule has 0 fully saturated rings. The van der Waals surface area contributed by atoms with E-state index in [4.69, 9.17) is 0 Å². The van der Waals surface area contributed by atoms with Crippen LogP contribution in [0.25, 0.3) is 0 Å². The Morgan fingerprint density at radius 2 is 2.31 bits per heavy atom. The van der Waals surface area contributed by atoms with E-state index in [1.807, 2.05) is 0 Å². The molecule has 0 bridgehead atoms. The Kier molecular flexibility index (Phi) is 6.82. The summed E-state index contributed by atoms with van der Waals surface area (Å²) in [6.45, 7) is 9.81. The van der Waals surface area contributed by atoms with Gasteiger partial charge in [-0.2, -0.15) is 0 Å². The van der Waals surface area contributed by atoms with E-state index in [9.17, 15) is 0 Å². The van der Waals surface area contributed by atoms with Gasteiger partial charge in [-0.3, -0.25) is 0 Å². The van der Waals surface area contributed by atoms with Crippen LogP contribution in [0.1, 0.15) is 19.8 Å². The summed E-state index contributed by atoms with van der Waals surface area (Å²) in [4.78, 5) is 0. The van der Waals surface area contributed by atoms with E-state index in [1.54, 1.807) is 18.1 Å². The Balaban J connectivity index is 4.21. The van der Waals surface area contributed by atoms with Gasteiger partial charge in [0.15, 0.2) is 0 Å². The van der Waals surface area contributed by atoms with Gasteiger partial charge >= 0.3 is 0 Å². The van der Waals surface area contributed by atoms with Crippen molar-refractivity contribution in [2.45, 2.75) is 25.8 Å². The quantitative estimate of drug-likeness (QED) is 0.636. The van der Waals surface area contributed by atoms with Gasteiger partial charge in [-0.15, -0.1) is 0 Å². The fraction of sp³-hybridized carbons (Fsp3) is 0.600. The minimum Gasteiger partial charge on any atom is -0.365 e. The summed E-state index contributed by atoms with van der Waals surface area (Å²) < 4.78 is 2.21. The fourth-order valence-corrected chi connectivity index (χ4v) is 1.69. The Hall–Kier alpha value is -0.410. The van der Waals surface area contributed by atoms with Crippen molar-refractivity contribution in [3.05, 3.63) is 25.1 Å². The first kappa shape index (κ1) is 12.6. The molecule has 0 spiro atoms. The molecule has 76 valence electrons. The summed E-state index contributed by atoms with van der Waals surface area (Å²) in [6, 6.07) is 0.387. The van der Waals surface area contributed by atoms with Crippen LogP contribution in [0.5, 0.6) is 0 Å². The van der Waals surface area contributed by atoms with E-state index in [1.165, 1.54) is 0 Å². The molecule has 0 saturated carbocycles. The Bertz CT molecular complexity index is 168. The average Bonchev–Trinajstić information content (AvgIpc) is 2.13. The standard InChI is InChI=1S/C10H20N2S/c1-6-8-10(12(4)13-5)9(3)11-7-2/h7,10-11H,2-3,6,8H2,1,4-5H3. The number of hydrogen-bond donors (Lipinski definition) is 1. The molecule has 0 heterocycles. The molecule has 1 unspecified atom stereocenters. The van der Waals surface area contributed by atoms with Gasteiger partial charge < -0.3 is 5.32 Å².